The molecule has 3 fully saturated rings. The van der Waals surface area contributed by atoms with Gasteiger partial charge in [0.1, 0.15) is 11.6 Å². The van der Waals surface area contributed by atoms with Crippen LogP contribution in [0.1, 0.15) is 117 Å². The second kappa shape index (κ2) is 16.5. The maximum absolute atomic E-state index is 14.1. The second-order valence-corrected chi connectivity index (χ2v) is 13.9. The molecule has 1 amide bonds. The van der Waals surface area contributed by atoms with Crippen LogP contribution in [0.15, 0.2) is 30.3 Å². The molecule has 1 saturated carbocycles. The van der Waals surface area contributed by atoms with E-state index < -0.39 is 0 Å². The molecule has 2 aromatic rings. The molecule has 3 N–H and O–H groups in total. The number of rotatable bonds is 12. The zero-order chi connectivity index (χ0) is 31.6. The van der Waals surface area contributed by atoms with Gasteiger partial charge in [0.05, 0.1) is 5.56 Å². The highest BCUT2D eigenvalue weighted by molar-refractivity contribution is 6.02. The second-order valence-electron chi connectivity index (χ2n) is 13.9. The van der Waals surface area contributed by atoms with Crippen molar-refractivity contribution in [3.05, 3.63) is 52.6 Å². The van der Waals surface area contributed by atoms with Gasteiger partial charge in [-0.3, -0.25) is 4.79 Å². The van der Waals surface area contributed by atoms with E-state index in [1.165, 1.54) is 75.4 Å². The van der Waals surface area contributed by atoms with Gasteiger partial charge in [-0.1, -0.05) is 70.2 Å². The van der Waals surface area contributed by atoms with Crippen LogP contribution in [-0.2, 0) is 6.54 Å². The van der Waals surface area contributed by atoms with Gasteiger partial charge in [0, 0.05) is 63.6 Å². The summed E-state index contributed by atoms with van der Waals surface area (Å²) >= 11 is 0. The number of piperidine rings is 2. The Morgan fingerprint density at radius 1 is 0.933 bits per heavy atom. The summed E-state index contributed by atoms with van der Waals surface area (Å²) in [5, 5.41) is 14.7. The van der Waals surface area contributed by atoms with Gasteiger partial charge in [-0.2, -0.15) is 0 Å². The average Bonchev–Trinajstić information content (AvgIpc) is 3.36. The minimum absolute atomic E-state index is 0.0659. The third-order valence-electron chi connectivity index (χ3n) is 10.3. The van der Waals surface area contributed by atoms with Crippen LogP contribution >= 0.6 is 0 Å². The van der Waals surface area contributed by atoms with Crippen molar-refractivity contribution in [3.63, 3.8) is 0 Å². The van der Waals surface area contributed by atoms with E-state index in [0.29, 0.717) is 35.4 Å². The summed E-state index contributed by atoms with van der Waals surface area (Å²) < 4.78 is 0. The van der Waals surface area contributed by atoms with Crippen molar-refractivity contribution in [1.29, 1.82) is 5.41 Å². The van der Waals surface area contributed by atoms with Crippen LogP contribution in [0.3, 0.4) is 0 Å². The lowest BCUT2D eigenvalue weighted by Gasteiger charge is -2.36. The van der Waals surface area contributed by atoms with Crippen molar-refractivity contribution in [2.24, 2.45) is 0 Å². The first-order valence-electron chi connectivity index (χ1n) is 17.8. The van der Waals surface area contributed by atoms with E-state index >= 15 is 0 Å². The highest BCUT2D eigenvalue weighted by Gasteiger charge is 2.29. The molecule has 1 aromatic heterocycles. The summed E-state index contributed by atoms with van der Waals surface area (Å²) in [5.74, 6) is 1.81. The zero-order valence-electron chi connectivity index (χ0n) is 28.1. The van der Waals surface area contributed by atoms with E-state index in [9.17, 15) is 4.79 Å². The van der Waals surface area contributed by atoms with Gasteiger partial charge >= 0.3 is 0 Å². The van der Waals surface area contributed by atoms with Gasteiger partial charge in [-0.05, 0) is 74.7 Å². The number of carbonyl (C=O) groups is 1. The van der Waals surface area contributed by atoms with E-state index in [1.807, 2.05) is 13.1 Å². The molecule has 45 heavy (non-hydrogen) atoms. The molecular formula is C37H57N7O. The fourth-order valence-electron chi connectivity index (χ4n) is 7.40. The van der Waals surface area contributed by atoms with Crippen molar-refractivity contribution in [2.75, 3.05) is 56.5 Å². The molecule has 0 atom stereocenters. The largest absolute Gasteiger partial charge is 0.373 e. The third kappa shape index (κ3) is 9.07. The molecule has 1 aliphatic carbocycles. The SMILES string of the molecule is CNc1nc(N(Cc2ccc(C(C)C)cc2)C2CCCCCC2)c(C(=O)NC2CCN(CCN3CCCCC3)CC2)cc1C=N. The number of aromatic nitrogens is 1. The lowest BCUT2D eigenvalue weighted by molar-refractivity contribution is 0.0905. The number of hydrogen-bond donors (Lipinski definition) is 3. The molecule has 0 radical (unpaired) electrons. The van der Waals surface area contributed by atoms with Crippen molar-refractivity contribution < 1.29 is 4.79 Å². The molecule has 3 heterocycles. The van der Waals surface area contributed by atoms with Crippen LogP contribution < -0.4 is 15.5 Å². The lowest BCUT2D eigenvalue weighted by atomic mass is 10.00. The Morgan fingerprint density at radius 3 is 2.16 bits per heavy atom. The van der Waals surface area contributed by atoms with Gasteiger partial charge in [-0.25, -0.2) is 4.98 Å². The van der Waals surface area contributed by atoms with Crippen LogP contribution in [0, 0.1) is 5.41 Å². The molecule has 1 aromatic carbocycles. The van der Waals surface area contributed by atoms with Crippen LogP contribution in [0.5, 0.6) is 0 Å². The number of likely N-dealkylation sites (tertiary alicyclic amines) is 2. The van der Waals surface area contributed by atoms with Crippen molar-refractivity contribution >= 4 is 23.8 Å². The number of pyridine rings is 1. The number of nitrogens with zero attached hydrogens (tertiary/aromatic N) is 4. The summed E-state index contributed by atoms with van der Waals surface area (Å²) in [4.78, 5) is 26.8. The molecule has 0 unspecified atom stereocenters. The summed E-state index contributed by atoms with van der Waals surface area (Å²) in [6.07, 6.45) is 14.4. The molecule has 0 bridgehead atoms. The van der Waals surface area contributed by atoms with Gasteiger partial charge in [-0.15, -0.1) is 0 Å². The van der Waals surface area contributed by atoms with E-state index in [1.54, 1.807) is 0 Å². The van der Waals surface area contributed by atoms with Gasteiger partial charge in [0.25, 0.3) is 5.91 Å². The lowest BCUT2D eigenvalue weighted by Crippen LogP contribution is -2.47. The number of benzene rings is 1. The molecule has 246 valence electrons. The standard InChI is InChI=1S/C37H57N7O/c1-28(2)30-15-13-29(14-16-30)27-44(33-11-7-4-5-8-12-33)36-34(25-31(26-38)35(39-3)41-36)37(45)40-32-17-21-43(22-18-32)24-23-42-19-9-6-10-20-42/h13-16,25-26,28,32-33,38H,4-12,17-24,27H2,1-3H3,(H,39,41)(H,40,45). The highest BCUT2D eigenvalue weighted by atomic mass is 16.1. The minimum Gasteiger partial charge on any atom is -0.373 e. The minimum atomic E-state index is -0.0659. The zero-order valence-corrected chi connectivity index (χ0v) is 28.1. The number of amides is 1. The Hall–Kier alpha value is -2.97. The molecule has 5 rings (SSSR count). The highest BCUT2D eigenvalue weighted by Crippen LogP contribution is 2.32. The van der Waals surface area contributed by atoms with Crippen LogP contribution in [0.4, 0.5) is 11.6 Å². The van der Waals surface area contributed by atoms with E-state index in [2.05, 4.69) is 63.4 Å². The first-order chi connectivity index (χ1) is 21.9. The summed E-state index contributed by atoms with van der Waals surface area (Å²) in [6.45, 7) is 12.0. The Kier molecular flexibility index (Phi) is 12.3. The Labute approximate surface area is 271 Å². The summed E-state index contributed by atoms with van der Waals surface area (Å²) in [6, 6.07) is 11.3. The predicted molar refractivity (Wildman–Crippen MR) is 187 cm³/mol. The van der Waals surface area contributed by atoms with Gasteiger partial charge in [0.15, 0.2) is 0 Å². The van der Waals surface area contributed by atoms with E-state index in [-0.39, 0.29) is 11.9 Å². The summed E-state index contributed by atoms with van der Waals surface area (Å²) in [7, 11) is 1.85. The number of hydrogen-bond acceptors (Lipinski definition) is 7. The first kappa shape index (κ1) is 33.4. The molecule has 8 nitrogen and oxygen atoms in total. The van der Waals surface area contributed by atoms with Crippen LogP contribution in [-0.4, -0.2) is 85.3 Å². The molecule has 2 saturated heterocycles. The summed E-state index contributed by atoms with van der Waals surface area (Å²) in [5.41, 5.74) is 3.79. The van der Waals surface area contributed by atoms with E-state index in [4.69, 9.17) is 10.4 Å². The van der Waals surface area contributed by atoms with Crippen molar-refractivity contribution in [3.8, 4) is 0 Å². The Morgan fingerprint density at radius 2 is 1.56 bits per heavy atom. The third-order valence-corrected chi connectivity index (χ3v) is 10.3. The number of anilines is 2. The average molecular weight is 616 g/mol. The predicted octanol–water partition coefficient (Wildman–Crippen LogP) is 6.65. The molecule has 0 spiro atoms. The molecule has 8 heteroatoms. The Bertz CT molecular complexity index is 1220. The normalized spacial score (nSPS) is 19.3. The van der Waals surface area contributed by atoms with Gasteiger partial charge < -0.3 is 30.7 Å². The quantitative estimate of drug-likeness (QED) is 0.183. The topological polar surface area (TPSA) is 87.6 Å². The smallest absolute Gasteiger partial charge is 0.255 e. The maximum Gasteiger partial charge on any atom is 0.255 e. The number of nitrogens with one attached hydrogen (secondary N) is 3. The maximum atomic E-state index is 14.1. The molecular weight excluding hydrogens is 558 g/mol. The number of carbonyl (C=O) groups excluding carboxylic acids is 1. The van der Waals surface area contributed by atoms with Gasteiger partial charge in [0.2, 0.25) is 0 Å². The fourth-order valence-corrected chi connectivity index (χ4v) is 7.40. The Balaban J connectivity index is 1.35. The first-order valence-corrected chi connectivity index (χ1v) is 17.8. The van der Waals surface area contributed by atoms with Crippen LogP contribution in [0.25, 0.3) is 0 Å². The van der Waals surface area contributed by atoms with Crippen molar-refractivity contribution in [2.45, 2.75) is 109 Å². The monoisotopic (exact) mass is 615 g/mol. The molecule has 3 aliphatic rings. The fraction of sp³-hybridized carbons (Fsp3) is 0.649. The van der Waals surface area contributed by atoms with E-state index in [0.717, 1.165) is 57.7 Å². The van der Waals surface area contributed by atoms with Crippen molar-refractivity contribution in [1.82, 2.24) is 20.1 Å². The van der Waals surface area contributed by atoms with Crippen LogP contribution in [0.2, 0.25) is 0 Å². The molecule has 2 aliphatic heterocycles.